The van der Waals surface area contributed by atoms with E-state index < -0.39 is 0 Å². The largest absolute Gasteiger partial charge is 0.262 e. The van der Waals surface area contributed by atoms with Gasteiger partial charge in [0.05, 0.1) is 0 Å². The molecule has 0 amide bonds. The predicted octanol–water partition coefficient (Wildman–Crippen LogP) is 3.78. The zero-order valence-electron chi connectivity index (χ0n) is 10.3. The number of aromatic nitrogens is 3. The second-order valence-electron chi connectivity index (χ2n) is 4.33. The highest BCUT2D eigenvalue weighted by molar-refractivity contribution is 7.99. The van der Waals surface area contributed by atoms with Crippen molar-refractivity contribution in [2.75, 3.05) is 0 Å². The smallest absolute Gasteiger partial charge is 0.209 e. The van der Waals surface area contributed by atoms with Gasteiger partial charge in [-0.2, -0.15) is 0 Å². The summed E-state index contributed by atoms with van der Waals surface area (Å²) >= 11 is 1.68. The van der Waals surface area contributed by atoms with E-state index in [1.54, 1.807) is 11.8 Å². The average Bonchev–Trinajstić information content (AvgIpc) is 2.79. The van der Waals surface area contributed by atoms with Crippen molar-refractivity contribution in [1.29, 1.82) is 0 Å². The summed E-state index contributed by atoms with van der Waals surface area (Å²) in [6, 6.07) is 10.4. The minimum atomic E-state index is 0.368. The van der Waals surface area contributed by atoms with E-state index in [1.165, 1.54) is 5.56 Å². The zero-order chi connectivity index (χ0) is 12.3. The lowest BCUT2D eigenvalue weighted by Crippen LogP contribution is -1.90. The third-order valence-corrected chi connectivity index (χ3v) is 3.60. The van der Waals surface area contributed by atoms with Crippen molar-refractivity contribution in [3.8, 4) is 0 Å². The van der Waals surface area contributed by atoms with Gasteiger partial charge in [0.1, 0.15) is 5.82 Å². The van der Waals surface area contributed by atoms with E-state index in [-0.39, 0.29) is 0 Å². The molecule has 90 valence electrons. The molecule has 0 aliphatic heterocycles. The normalized spacial score (nSPS) is 12.9. The summed E-state index contributed by atoms with van der Waals surface area (Å²) in [5.74, 6) is 1.34. The van der Waals surface area contributed by atoms with Gasteiger partial charge >= 0.3 is 0 Å². The molecular weight excluding hydrogens is 230 g/mol. The van der Waals surface area contributed by atoms with Gasteiger partial charge in [0.2, 0.25) is 5.16 Å². The molecule has 4 heteroatoms. The van der Waals surface area contributed by atoms with Gasteiger partial charge in [0.15, 0.2) is 0 Å². The highest BCUT2D eigenvalue weighted by Gasteiger charge is 2.12. The molecule has 1 atom stereocenters. The van der Waals surface area contributed by atoms with Crippen molar-refractivity contribution in [3.05, 3.63) is 41.7 Å². The van der Waals surface area contributed by atoms with Gasteiger partial charge < -0.3 is 0 Å². The van der Waals surface area contributed by atoms with Gasteiger partial charge in [-0.15, -0.1) is 5.10 Å². The van der Waals surface area contributed by atoms with E-state index in [0.29, 0.717) is 11.2 Å². The fourth-order valence-corrected chi connectivity index (χ4v) is 2.38. The first kappa shape index (κ1) is 12.2. The maximum Gasteiger partial charge on any atom is 0.209 e. The number of thioether (sulfide) groups is 1. The summed E-state index contributed by atoms with van der Waals surface area (Å²) in [5, 5.41) is 8.40. The van der Waals surface area contributed by atoms with E-state index in [1.807, 2.05) is 6.07 Å². The van der Waals surface area contributed by atoms with Crippen LogP contribution in [0.25, 0.3) is 0 Å². The topological polar surface area (TPSA) is 41.6 Å². The van der Waals surface area contributed by atoms with E-state index >= 15 is 0 Å². The summed E-state index contributed by atoms with van der Waals surface area (Å²) in [6.45, 7) is 6.39. The number of nitrogens with one attached hydrogen (secondary N) is 1. The molecule has 0 saturated carbocycles. The van der Waals surface area contributed by atoms with Crippen LogP contribution in [0.1, 0.15) is 43.3 Å². The number of nitrogens with zero attached hydrogens (tertiary/aromatic N) is 2. The third-order valence-electron chi connectivity index (χ3n) is 2.58. The number of H-pyrrole nitrogens is 1. The summed E-state index contributed by atoms with van der Waals surface area (Å²) in [4.78, 5) is 4.47. The van der Waals surface area contributed by atoms with Crippen LogP contribution in [0.2, 0.25) is 0 Å². The quantitative estimate of drug-likeness (QED) is 0.836. The minimum Gasteiger partial charge on any atom is -0.262 e. The molecule has 1 aromatic heterocycles. The molecule has 0 aliphatic rings. The Bertz CT molecular complexity index is 465. The summed E-state index contributed by atoms with van der Waals surface area (Å²) < 4.78 is 0. The Balaban J connectivity index is 2.05. The Hall–Kier alpha value is -1.29. The Labute approximate surface area is 106 Å². The monoisotopic (exact) mass is 247 g/mol. The van der Waals surface area contributed by atoms with Crippen LogP contribution in [0, 0.1) is 0 Å². The van der Waals surface area contributed by atoms with Crippen LogP contribution in [-0.4, -0.2) is 15.2 Å². The van der Waals surface area contributed by atoms with E-state index in [4.69, 9.17) is 0 Å². The van der Waals surface area contributed by atoms with E-state index in [0.717, 1.165) is 11.0 Å². The fraction of sp³-hybridized carbons (Fsp3) is 0.385. The lowest BCUT2D eigenvalue weighted by atomic mass is 10.2. The van der Waals surface area contributed by atoms with Crippen molar-refractivity contribution in [3.63, 3.8) is 0 Å². The van der Waals surface area contributed by atoms with E-state index in [9.17, 15) is 0 Å². The first-order valence-electron chi connectivity index (χ1n) is 5.80. The fourth-order valence-electron chi connectivity index (χ4n) is 1.52. The molecule has 0 fully saturated rings. The highest BCUT2D eigenvalue weighted by atomic mass is 32.2. The molecule has 2 aromatic rings. The standard InChI is InChI=1S/C13H17N3S/c1-9(2)12-14-13(16-15-12)17-10(3)11-7-5-4-6-8-11/h4-10H,1-3H3,(H,14,15,16)/t10-/m1/s1. The highest BCUT2D eigenvalue weighted by Crippen LogP contribution is 2.32. The Morgan fingerprint density at radius 3 is 2.41 bits per heavy atom. The van der Waals surface area contributed by atoms with Gasteiger partial charge in [0.25, 0.3) is 0 Å². The van der Waals surface area contributed by atoms with Crippen molar-refractivity contribution in [2.24, 2.45) is 0 Å². The molecule has 0 spiro atoms. The SMILES string of the molecule is CC(C)c1nc(S[C@H](C)c2ccccc2)n[nH]1. The molecular formula is C13H17N3S. The molecule has 1 N–H and O–H groups in total. The van der Waals surface area contributed by atoms with Crippen LogP contribution in [0.5, 0.6) is 0 Å². The summed E-state index contributed by atoms with van der Waals surface area (Å²) in [6.07, 6.45) is 0. The van der Waals surface area contributed by atoms with Gasteiger partial charge in [-0.25, -0.2) is 4.98 Å². The molecule has 0 bridgehead atoms. The van der Waals surface area contributed by atoms with Gasteiger partial charge in [0, 0.05) is 11.2 Å². The molecule has 3 nitrogen and oxygen atoms in total. The first-order chi connectivity index (χ1) is 8.16. The van der Waals surface area contributed by atoms with Gasteiger partial charge in [-0.3, -0.25) is 5.10 Å². The molecule has 0 radical (unpaired) electrons. The third kappa shape index (κ3) is 3.09. The number of hydrogen-bond donors (Lipinski definition) is 1. The van der Waals surface area contributed by atoms with Crippen LogP contribution >= 0.6 is 11.8 Å². The molecule has 1 aromatic carbocycles. The van der Waals surface area contributed by atoms with Gasteiger partial charge in [-0.05, 0) is 12.5 Å². The minimum absolute atomic E-state index is 0.368. The summed E-state index contributed by atoms with van der Waals surface area (Å²) in [5.41, 5.74) is 1.30. The van der Waals surface area contributed by atoms with Crippen molar-refractivity contribution >= 4 is 11.8 Å². The lowest BCUT2D eigenvalue weighted by Gasteiger charge is -2.08. The summed E-state index contributed by atoms with van der Waals surface area (Å²) in [7, 11) is 0. The van der Waals surface area contributed by atoms with Crippen LogP contribution in [-0.2, 0) is 0 Å². The molecule has 17 heavy (non-hydrogen) atoms. The molecule has 0 saturated heterocycles. The van der Waals surface area contributed by atoms with Crippen molar-refractivity contribution < 1.29 is 0 Å². The van der Waals surface area contributed by atoms with Crippen molar-refractivity contribution in [2.45, 2.75) is 37.1 Å². The maximum atomic E-state index is 4.47. The van der Waals surface area contributed by atoms with Crippen LogP contribution in [0.3, 0.4) is 0 Å². The van der Waals surface area contributed by atoms with Crippen molar-refractivity contribution in [1.82, 2.24) is 15.2 Å². The Kier molecular flexibility index (Phi) is 3.84. The molecule has 1 heterocycles. The molecule has 0 unspecified atom stereocenters. The second-order valence-corrected chi connectivity index (χ2v) is 5.64. The average molecular weight is 247 g/mol. The second kappa shape index (κ2) is 5.36. The molecule has 0 aliphatic carbocycles. The number of aromatic amines is 1. The molecule has 2 rings (SSSR count). The zero-order valence-corrected chi connectivity index (χ0v) is 11.2. The van der Waals surface area contributed by atoms with E-state index in [2.05, 4.69) is 60.2 Å². The number of rotatable bonds is 4. The number of benzene rings is 1. The Morgan fingerprint density at radius 2 is 1.82 bits per heavy atom. The van der Waals surface area contributed by atoms with Crippen LogP contribution in [0.4, 0.5) is 0 Å². The van der Waals surface area contributed by atoms with Crippen LogP contribution in [0.15, 0.2) is 35.5 Å². The predicted molar refractivity (Wildman–Crippen MR) is 71.2 cm³/mol. The first-order valence-corrected chi connectivity index (χ1v) is 6.68. The van der Waals surface area contributed by atoms with Crippen LogP contribution < -0.4 is 0 Å². The van der Waals surface area contributed by atoms with Gasteiger partial charge in [-0.1, -0.05) is 55.9 Å². The Morgan fingerprint density at radius 1 is 1.12 bits per heavy atom. The lowest BCUT2D eigenvalue weighted by molar-refractivity contribution is 0.780. The maximum absolute atomic E-state index is 4.47. The number of hydrogen-bond acceptors (Lipinski definition) is 3.